The fourth-order valence-corrected chi connectivity index (χ4v) is 5.23. The van der Waals surface area contributed by atoms with Crippen LogP contribution in [0.4, 0.5) is 5.13 Å². The third-order valence-electron chi connectivity index (χ3n) is 5.58. The van der Waals surface area contributed by atoms with Crippen molar-refractivity contribution in [3.05, 3.63) is 48.2 Å². The van der Waals surface area contributed by atoms with E-state index >= 15 is 0 Å². The predicted octanol–water partition coefficient (Wildman–Crippen LogP) is 2.90. The van der Waals surface area contributed by atoms with Gasteiger partial charge in [0, 0.05) is 32.4 Å². The number of ether oxygens (including phenoxy) is 1. The zero-order valence-electron chi connectivity index (χ0n) is 18.7. The fourth-order valence-electron chi connectivity index (χ4n) is 3.79. The Bertz CT molecular complexity index is 1080. The highest BCUT2D eigenvalue weighted by atomic mass is 32.2. The van der Waals surface area contributed by atoms with E-state index in [0.717, 1.165) is 21.2 Å². The minimum Gasteiger partial charge on any atom is -0.496 e. The van der Waals surface area contributed by atoms with Crippen molar-refractivity contribution in [2.24, 2.45) is 0 Å². The topological polar surface area (TPSA) is 87.7 Å². The second kappa shape index (κ2) is 10.8. The van der Waals surface area contributed by atoms with Gasteiger partial charge in [-0.25, -0.2) is 9.97 Å². The number of thioether (sulfide) groups is 1. The summed E-state index contributed by atoms with van der Waals surface area (Å²) in [5.41, 5.74) is 1.32. The summed E-state index contributed by atoms with van der Waals surface area (Å²) in [7, 11) is 1.53. The maximum atomic E-state index is 13.3. The molecule has 1 unspecified atom stereocenters. The first-order chi connectivity index (χ1) is 16.1. The minimum atomic E-state index is -0.576. The van der Waals surface area contributed by atoms with Crippen molar-refractivity contribution in [2.75, 3.05) is 50.2 Å². The number of piperazine rings is 1. The molecule has 10 heteroatoms. The number of hydrogen-bond acceptors (Lipinski definition) is 8. The maximum absolute atomic E-state index is 13.3. The highest BCUT2D eigenvalue weighted by Gasteiger charge is 2.30. The van der Waals surface area contributed by atoms with Crippen molar-refractivity contribution >= 4 is 50.4 Å². The number of anilines is 1. The molecule has 0 radical (unpaired) electrons. The maximum Gasteiger partial charge on any atom is 0.255 e. The number of fused-ring (bicyclic) bond motifs is 1. The van der Waals surface area contributed by atoms with E-state index in [2.05, 4.69) is 20.2 Å². The average Bonchev–Trinajstić information content (AvgIpc) is 3.30. The lowest BCUT2D eigenvalue weighted by Gasteiger charge is -2.36. The molecule has 0 bridgehead atoms. The summed E-state index contributed by atoms with van der Waals surface area (Å²) in [6.07, 6.45) is 4.34. The molecule has 4 rings (SSSR count). The molecule has 174 valence electrons. The second-order valence-electron chi connectivity index (χ2n) is 7.64. The van der Waals surface area contributed by atoms with E-state index in [1.807, 2.05) is 29.4 Å². The molecule has 1 N–H and O–H groups in total. The van der Waals surface area contributed by atoms with Crippen molar-refractivity contribution in [3.63, 3.8) is 0 Å². The summed E-state index contributed by atoms with van der Waals surface area (Å²) in [6, 6.07) is 10.3. The van der Waals surface area contributed by atoms with Gasteiger partial charge in [-0.15, -0.1) is 0 Å². The molecule has 1 aromatic carbocycles. The predicted molar refractivity (Wildman–Crippen MR) is 133 cm³/mol. The number of carbonyl (C=O) groups is 2. The third-order valence-corrected chi connectivity index (χ3v) is 7.27. The van der Waals surface area contributed by atoms with Crippen LogP contribution < -0.4 is 15.0 Å². The molecule has 0 spiro atoms. The lowest BCUT2D eigenvalue weighted by Crippen LogP contribution is -2.55. The highest BCUT2D eigenvalue weighted by Crippen LogP contribution is 2.27. The van der Waals surface area contributed by atoms with Gasteiger partial charge in [-0.2, -0.15) is 11.8 Å². The van der Waals surface area contributed by atoms with Crippen molar-refractivity contribution in [1.82, 2.24) is 20.2 Å². The van der Waals surface area contributed by atoms with E-state index in [4.69, 9.17) is 4.74 Å². The van der Waals surface area contributed by atoms with Crippen molar-refractivity contribution in [1.29, 1.82) is 0 Å². The summed E-state index contributed by atoms with van der Waals surface area (Å²) in [5, 5.41) is 3.87. The minimum absolute atomic E-state index is 0.0436. The molecule has 8 nitrogen and oxygen atoms in total. The molecule has 2 aromatic heterocycles. The van der Waals surface area contributed by atoms with Gasteiger partial charge in [-0.1, -0.05) is 23.5 Å². The van der Waals surface area contributed by atoms with Gasteiger partial charge in [0.2, 0.25) is 5.91 Å². The molecular weight excluding hydrogens is 458 g/mol. The van der Waals surface area contributed by atoms with Gasteiger partial charge in [0.1, 0.15) is 22.1 Å². The van der Waals surface area contributed by atoms with Crippen molar-refractivity contribution in [2.45, 2.75) is 12.5 Å². The third kappa shape index (κ3) is 5.39. The molecule has 3 heterocycles. The van der Waals surface area contributed by atoms with Gasteiger partial charge in [-0.3, -0.25) is 9.59 Å². The Morgan fingerprint density at radius 3 is 2.70 bits per heavy atom. The van der Waals surface area contributed by atoms with Crippen LogP contribution in [0.15, 0.2) is 42.6 Å². The number of hydrogen-bond donors (Lipinski definition) is 1. The molecule has 0 saturated carbocycles. The van der Waals surface area contributed by atoms with E-state index in [9.17, 15) is 9.59 Å². The SMILES string of the molecule is COc1ccccc1C(=O)NC(CCSC)C(=O)N1CCN(c2nc3cccnc3s2)CC1. The fraction of sp³-hybridized carbons (Fsp3) is 0.391. The lowest BCUT2D eigenvalue weighted by molar-refractivity contribution is -0.133. The summed E-state index contributed by atoms with van der Waals surface area (Å²) < 4.78 is 5.31. The second-order valence-corrected chi connectivity index (χ2v) is 9.59. The van der Waals surface area contributed by atoms with Crippen LogP contribution in [0.25, 0.3) is 10.3 Å². The van der Waals surface area contributed by atoms with Crippen LogP contribution in [0.5, 0.6) is 5.75 Å². The van der Waals surface area contributed by atoms with Crippen molar-refractivity contribution < 1.29 is 14.3 Å². The van der Waals surface area contributed by atoms with Gasteiger partial charge < -0.3 is 19.9 Å². The summed E-state index contributed by atoms with van der Waals surface area (Å²) >= 11 is 3.23. The van der Waals surface area contributed by atoms with Gasteiger partial charge in [0.05, 0.1) is 12.7 Å². The zero-order chi connectivity index (χ0) is 23.2. The van der Waals surface area contributed by atoms with E-state index in [0.29, 0.717) is 43.9 Å². The molecule has 1 fully saturated rings. The van der Waals surface area contributed by atoms with E-state index < -0.39 is 6.04 Å². The number of para-hydroxylation sites is 1. The Kier molecular flexibility index (Phi) is 7.66. The Hall–Kier alpha value is -2.85. The first-order valence-corrected chi connectivity index (χ1v) is 13.0. The highest BCUT2D eigenvalue weighted by molar-refractivity contribution is 7.98. The number of carbonyl (C=O) groups excluding carboxylic acids is 2. The Morgan fingerprint density at radius 1 is 1.18 bits per heavy atom. The molecule has 1 saturated heterocycles. The molecule has 3 aromatic rings. The first kappa shape index (κ1) is 23.3. The van der Waals surface area contributed by atoms with Crippen LogP contribution >= 0.6 is 23.1 Å². The number of aromatic nitrogens is 2. The molecule has 1 aliphatic rings. The standard InChI is InChI=1S/C23H27N5O3S2/c1-31-19-8-4-3-6-16(19)20(29)25-18(9-15-32-2)22(30)27-11-13-28(14-12-27)23-26-17-7-5-10-24-21(17)33-23/h3-8,10,18H,9,11-15H2,1-2H3,(H,25,29). The number of nitrogens with zero attached hydrogens (tertiary/aromatic N) is 4. The van der Waals surface area contributed by atoms with Gasteiger partial charge in [0.25, 0.3) is 5.91 Å². The average molecular weight is 486 g/mol. The van der Waals surface area contributed by atoms with E-state index in [-0.39, 0.29) is 11.8 Å². The van der Waals surface area contributed by atoms with Crippen molar-refractivity contribution in [3.8, 4) is 5.75 Å². The smallest absolute Gasteiger partial charge is 0.255 e. The number of amides is 2. The Balaban J connectivity index is 1.41. The van der Waals surface area contributed by atoms with Gasteiger partial charge >= 0.3 is 0 Å². The van der Waals surface area contributed by atoms with Crippen LogP contribution in [0, 0.1) is 0 Å². The summed E-state index contributed by atoms with van der Waals surface area (Å²) in [4.78, 5) is 40.3. The van der Waals surface area contributed by atoms with Crippen LogP contribution in [0.3, 0.4) is 0 Å². The van der Waals surface area contributed by atoms with Crippen LogP contribution in [0.1, 0.15) is 16.8 Å². The molecular formula is C23H27N5O3S2. The monoisotopic (exact) mass is 485 g/mol. The summed E-state index contributed by atoms with van der Waals surface area (Å²) in [6.45, 7) is 2.56. The number of pyridine rings is 1. The Morgan fingerprint density at radius 2 is 1.97 bits per heavy atom. The van der Waals surface area contributed by atoms with Gasteiger partial charge in [-0.05, 0) is 42.7 Å². The first-order valence-electron chi connectivity index (χ1n) is 10.8. The van der Waals surface area contributed by atoms with Gasteiger partial charge in [0.15, 0.2) is 5.13 Å². The molecule has 1 atom stereocenters. The zero-order valence-corrected chi connectivity index (χ0v) is 20.3. The normalized spacial score (nSPS) is 14.8. The number of rotatable bonds is 8. The lowest BCUT2D eigenvalue weighted by atomic mass is 10.1. The summed E-state index contributed by atoms with van der Waals surface area (Å²) in [5.74, 6) is 0.928. The number of thiazole rings is 1. The van der Waals surface area contributed by atoms with Crippen LogP contribution in [-0.4, -0.2) is 78.0 Å². The Labute approximate surface area is 201 Å². The van der Waals surface area contributed by atoms with Crippen LogP contribution in [-0.2, 0) is 4.79 Å². The quantitative estimate of drug-likeness (QED) is 0.525. The molecule has 2 amide bonds. The van der Waals surface area contributed by atoms with E-state index in [1.165, 1.54) is 7.11 Å². The molecule has 33 heavy (non-hydrogen) atoms. The number of benzene rings is 1. The number of nitrogens with one attached hydrogen (secondary N) is 1. The largest absolute Gasteiger partial charge is 0.496 e. The molecule has 0 aliphatic carbocycles. The molecule has 1 aliphatic heterocycles. The number of methoxy groups -OCH3 is 1. The van der Waals surface area contributed by atoms with E-state index in [1.54, 1.807) is 47.5 Å². The van der Waals surface area contributed by atoms with Crippen LogP contribution in [0.2, 0.25) is 0 Å².